The lowest BCUT2D eigenvalue weighted by molar-refractivity contribution is -0.120. The number of ketones is 1. The highest BCUT2D eigenvalue weighted by Crippen LogP contribution is 2.31. The Morgan fingerprint density at radius 3 is 2.82 bits per heavy atom. The number of hydrogen-bond acceptors (Lipinski definition) is 3. The van der Waals surface area contributed by atoms with E-state index >= 15 is 0 Å². The van der Waals surface area contributed by atoms with Crippen molar-refractivity contribution < 1.29 is 9.59 Å². The topological polar surface area (TPSA) is 74.3 Å². The molecule has 5 heteroatoms. The maximum Gasteiger partial charge on any atom is 0.273 e. The smallest absolute Gasteiger partial charge is 0.273 e. The second kappa shape index (κ2) is 5.40. The van der Waals surface area contributed by atoms with Crippen molar-refractivity contribution in [3.63, 3.8) is 0 Å². The summed E-state index contributed by atoms with van der Waals surface area (Å²) in [5, 5.41) is 5.04. The van der Waals surface area contributed by atoms with Crippen LogP contribution in [-0.2, 0) is 4.79 Å². The Hall–Kier alpha value is -2.43. The Kier molecular flexibility index (Phi) is 3.56. The average molecular weight is 297 g/mol. The van der Waals surface area contributed by atoms with Crippen LogP contribution in [0.1, 0.15) is 43.5 Å². The van der Waals surface area contributed by atoms with E-state index in [1.807, 2.05) is 38.1 Å². The molecular formula is C17H19N3O2. The first-order valence-electron chi connectivity index (χ1n) is 7.38. The summed E-state index contributed by atoms with van der Waals surface area (Å²) in [6.07, 6.45) is 3.31. The number of aromatic nitrogens is 1. The molecule has 0 radical (unpaired) electrons. The number of hydrogen-bond donors (Lipinski definition) is 2. The van der Waals surface area contributed by atoms with E-state index in [1.54, 1.807) is 6.20 Å². The summed E-state index contributed by atoms with van der Waals surface area (Å²) >= 11 is 0. The van der Waals surface area contributed by atoms with Crippen molar-refractivity contribution in [2.75, 3.05) is 0 Å². The molecule has 0 atom stereocenters. The number of Topliss-reactive ketones (excluding diaryl/α,β-unsaturated/α-hetero) is 1. The average Bonchev–Trinajstić information content (AvgIpc) is 2.86. The predicted molar refractivity (Wildman–Crippen MR) is 85.8 cm³/mol. The van der Waals surface area contributed by atoms with Gasteiger partial charge in [0, 0.05) is 35.7 Å². The molecule has 1 aliphatic rings. The normalized spacial score (nSPS) is 19.5. The van der Waals surface area contributed by atoms with Crippen LogP contribution in [0.25, 0.3) is 10.9 Å². The van der Waals surface area contributed by atoms with Crippen molar-refractivity contribution in [3.05, 3.63) is 36.0 Å². The maximum absolute atomic E-state index is 12.3. The summed E-state index contributed by atoms with van der Waals surface area (Å²) in [7, 11) is 0. The number of H-pyrrole nitrogens is 1. The van der Waals surface area contributed by atoms with Crippen LogP contribution in [0.3, 0.4) is 0 Å². The lowest BCUT2D eigenvalue weighted by atomic mass is 9.76. The predicted octanol–water partition coefficient (Wildman–Crippen LogP) is 3.03. The van der Waals surface area contributed by atoms with Crippen LogP contribution in [0.2, 0.25) is 0 Å². The molecule has 0 saturated heterocycles. The first kappa shape index (κ1) is 14.5. The lowest BCUT2D eigenvalue weighted by Gasteiger charge is -2.28. The monoisotopic (exact) mass is 297 g/mol. The third-order valence-corrected chi connectivity index (χ3v) is 3.91. The van der Waals surface area contributed by atoms with Crippen LogP contribution >= 0.6 is 0 Å². The van der Waals surface area contributed by atoms with E-state index in [0.29, 0.717) is 18.4 Å². The van der Waals surface area contributed by atoms with E-state index < -0.39 is 0 Å². The summed E-state index contributed by atoms with van der Waals surface area (Å²) in [6.45, 7) is 4.09. The fourth-order valence-corrected chi connectivity index (χ4v) is 3.03. The van der Waals surface area contributed by atoms with Gasteiger partial charge in [-0.3, -0.25) is 9.59 Å². The van der Waals surface area contributed by atoms with Gasteiger partial charge in [0.2, 0.25) is 0 Å². The highest BCUT2D eigenvalue weighted by Gasteiger charge is 2.30. The number of rotatable bonds is 2. The minimum absolute atomic E-state index is 0.0837. The van der Waals surface area contributed by atoms with Crippen molar-refractivity contribution in [1.29, 1.82) is 0 Å². The van der Waals surface area contributed by atoms with Crippen molar-refractivity contribution in [3.8, 4) is 0 Å². The highest BCUT2D eigenvalue weighted by molar-refractivity contribution is 6.08. The molecule has 22 heavy (non-hydrogen) atoms. The van der Waals surface area contributed by atoms with Gasteiger partial charge >= 0.3 is 0 Å². The summed E-state index contributed by atoms with van der Waals surface area (Å²) in [6, 6.07) is 7.61. The molecule has 1 amide bonds. The summed E-state index contributed by atoms with van der Waals surface area (Å²) < 4.78 is 0. The zero-order valence-corrected chi connectivity index (χ0v) is 12.8. The fourth-order valence-electron chi connectivity index (χ4n) is 3.03. The molecule has 3 rings (SSSR count). The van der Waals surface area contributed by atoms with Gasteiger partial charge < -0.3 is 4.98 Å². The molecule has 5 nitrogen and oxygen atoms in total. The second-order valence-corrected chi connectivity index (χ2v) is 6.60. The molecule has 1 heterocycles. The Bertz CT molecular complexity index is 771. The van der Waals surface area contributed by atoms with Crippen molar-refractivity contribution >= 4 is 28.3 Å². The molecule has 1 saturated carbocycles. The van der Waals surface area contributed by atoms with Gasteiger partial charge in [-0.25, -0.2) is 5.43 Å². The van der Waals surface area contributed by atoms with Crippen LogP contribution < -0.4 is 5.43 Å². The maximum atomic E-state index is 12.3. The van der Waals surface area contributed by atoms with Crippen molar-refractivity contribution in [1.82, 2.24) is 10.4 Å². The highest BCUT2D eigenvalue weighted by atomic mass is 16.2. The number of fused-ring (bicyclic) bond motifs is 1. The number of nitrogens with one attached hydrogen (secondary N) is 2. The van der Waals surface area contributed by atoms with Crippen LogP contribution in [0.15, 0.2) is 35.6 Å². The minimum Gasteiger partial charge on any atom is -0.360 e. The molecule has 114 valence electrons. The quantitative estimate of drug-likeness (QED) is 0.836. The molecule has 0 spiro atoms. The van der Waals surface area contributed by atoms with Gasteiger partial charge in [-0.2, -0.15) is 5.10 Å². The first-order valence-corrected chi connectivity index (χ1v) is 7.38. The Balaban J connectivity index is 1.77. The Morgan fingerprint density at radius 2 is 2.05 bits per heavy atom. The fraction of sp³-hybridized carbons (Fsp3) is 0.353. The van der Waals surface area contributed by atoms with E-state index in [-0.39, 0.29) is 17.1 Å². The van der Waals surface area contributed by atoms with Gasteiger partial charge in [0.05, 0.1) is 5.56 Å². The molecule has 1 aromatic carbocycles. The second-order valence-electron chi connectivity index (χ2n) is 6.60. The van der Waals surface area contributed by atoms with Gasteiger partial charge in [-0.05, 0) is 17.9 Å². The Morgan fingerprint density at radius 1 is 1.27 bits per heavy atom. The molecule has 0 bridgehead atoms. The number of carbonyl (C=O) groups is 2. The number of amides is 1. The standard InChI is InChI=1S/C17H19N3O2/c1-17(2)8-11(7-12(21)9-17)19-20-16(22)14-10-18-15-6-4-3-5-13(14)15/h3-6,10,18H,7-9H2,1-2H3,(H,20,22)/b19-11+. The summed E-state index contributed by atoms with van der Waals surface area (Å²) in [5.74, 6) is -0.0860. The molecule has 2 aromatic rings. The van der Waals surface area contributed by atoms with Gasteiger partial charge in [-0.15, -0.1) is 0 Å². The Labute approximate surface area is 128 Å². The number of para-hydroxylation sites is 1. The molecule has 1 aromatic heterocycles. The van der Waals surface area contributed by atoms with E-state index in [1.165, 1.54) is 0 Å². The zero-order valence-electron chi connectivity index (χ0n) is 12.8. The molecule has 0 aliphatic heterocycles. The van der Waals surface area contributed by atoms with Crippen LogP contribution in [0.4, 0.5) is 0 Å². The van der Waals surface area contributed by atoms with Gasteiger partial charge in [0.1, 0.15) is 5.78 Å². The summed E-state index contributed by atoms with van der Waals surface area (Å²) in [5.41, 5.74) is 4.71. The van der Waals surface area contributed by atoms with Crippen LogP contribution in [0.5, 0.6) is 0 Å². The molecular weight excluding hydrogens is 278 g/mol. The van der Waals surface area contributed by atoms with Gasteiger partial charge in [0.15, 0.2) is 0 Å². The number of aromatic amines is 1. The van der Waals surface area contributed by atoms with E-state index in [2.05, 4.69) is 15.5 Å². The van der Waals surface area contributed by atoms with Crippen molar-refractivity contribution in [2.45, 2.75) is 33.1 Å². The molecule has 2 N–H and O–H groups in total. The minimum atomic E-state index is -0.263. The van der Waals surface area contributed by atoms with Crippen molar-refractivity contribution in [2.24, 2.45) is 10.5 Å². The first-order chi connectivity index (χ1) is 10.4. The van der Waals surface area contributed by atoms with Gasteiger partial charge in [0.25, 0.3) is 5.91 Å². The van der Waals surface area contributed by atoms with Gasteiger partial charge in [-0.1, -0.05) is 32.0 Å². The summed E-state index contributed by atoms with van der Waals surface area (Å²) in [4.78, 5) is 27.1. The van der Waals surface area contributed by atoms with E-state index in [4.69, 9.17) is 0 Å². The third-order valence-electron chi connectivity index (χ3n) is 3.91. The van der Waals surface area contributed by atoms with E-state index in [9.17, 15) is 9.59 Å². The third kappa shape index (κ3) is 2.93. The number of carbonyl (C=O) groups excluding carboxylic acids is 2. The molecule has 1 fully saturated rings. The lowest BCUT2D eigenvalue weighted by Crippen LogP contribution is -2.31. The SMILES string of the molecule is CC1(C)CC(=O)C/C(=N\NC(=O)c2c[nH]c3ccccc23)C1. The number of nitrogens with zero attached hydrogens (tertiary/aromatic N) is 1. The number of hydrazone groups is 1. The van der Waals surface area contributed by atoms with Crippen LogP contribution in [0, 0.1) is 5.41 Å². The van der Waals surface area contributed by atoms with Crippen LogP contribution in [-0.4, -0.2) is 22.4 Å². The largest absolute Gasteiger partial charge is 0.360 e. The zero-order chi connectivity index (χ0) is 15.7. The molecule has 1 aliphatic carbocycles. The van der Waals surface area contributed by atoms with E-state index in [0.717, 1.165) is 23.0 Å². The molecule has 0 unspecified atom stereocenters. The number of benzene rings is 1.